The van der Waals surface area contributed by atoms with Gasteiger partial charge in [-0.05, 0) is 19.3 Å². The first-order chi connectivity index (χ1) is 6.16. The van der Waals surface area contributed by atoms with Crippen molar-refractivity contribution in [3.63, 3.8) is 0 Å². The summed E-state index contributed by atoms with van der Waals surface area (Å²) in [5.74, 6) is 0.766. The van der Waals surface area contributed by atoms with E-state index in [2.05, 4.69) is 37.9 Å². The Bertz CT molecular complexity index is 145. The lowest BCUT2D eigenvalue weighted by Crippen LogP contribution is -2.56. The molecule has 0 aliphatic carbocycles. The van der Waals surface area contributed by atoms with Crippen LogP contribution in [0.15, 0.2) is 0 Å². The van der Waals surface area contributed by atoms with Gasteiger partial charge < -0.3 is 5.32 Å². The molecule has 1 aliphatic heterocycles. The van der Waals surface area contributed by atoms with Gasteiger partial charge in [-0.1, -0.05) is 20.8 Å². The van der Waals surface area contributed by atoms with Crippen LogP contribution in [0.1, 0.15) is 34.1 Å². The molecule has 2 nitrogen and oxygen atoms in total. The van der Waals surface area contributed by atoms with Gasteiger partial charge in [-0.15, -0.1) is 0 Å². The molecule has 0 aromatic heterocycles. The highest BCUT2D eigenvalue weighted by Gasteiger charge is 2.27. The Morgan fingerprint density at radius 2 is 2.08 bits per heavy atom. The standard InChI is InChI=1S/C11H24N2/c1-5-10(4)13-7-6-12-8-11(13)9(2)3/h9-12H,5-8H2,1-4H3. The van der Waals surface area contributed by atoms with Crippen molar-refractivity contribution in [3.05, 3.63) is 0 Å². The van der Waals surface area contributed by atoms with Crippen molar-refractivity contribution in [2.24, 2.45) is 5.92 Å². The van der Waals surface area contributed by atoms with Gasteiger partial charge in [0.25, 0.3) is 0 Å². The predicted octanol–water partition coefficient (Wildman–Crippen LogP) is 1.71. The molecule has 1 aliphatic rings. The second-order valence-corrected chi connectivity index (χ2v) is 4.51. The van der Waals surface area contributed by atoms with Gasteiger partial charge in [0.2, 0.25) is 0 Å². The number of nitrogens with zero attached hydrogens (tertiary/aromatic N) is 1. The van der Waals surface area contributed by atoms with Crippen LogP contribution in [-0.4, -0.2) is 36.6 Å². The Kier molecular flexibility index (Phi) is 4.20. The van der Waals surface area contributed by atoms with Crippen LogP contribution >= 0.6 is 0 Å². The third-order valence-corrected chi connectivity index (χ3v) is 3.25. The molecule has 0 amide bonds. The maximum absolute atomic E-state index is 3.48. The topological polar surface area (TPSA) is 15.3 Å². The molecule has 0 spiro atoms. The third kappa shape index (κ3) is 2.68. The van der Waals surface area contributed by atoms with Crippen LogP contribution in [0.4, 0.5) is 0 Å². The first-order valence-electron chi connectivity index (χ1n) is 5.63. The molecular weight excluding hydrogens is 160 g/mol. The van der Waals surface area contributed by atoms with E-state index in [1.807, 2.05) is 0 Å². The van der Waals surface area contributed by atoms with E-state index < -0.39 is 0 Å². The Labute approximate surface area is 82.7 Å². The van der Waals surface area contributed by atoms with E-state index in [0.29, 0.717) is 0 Å². The van der Waals surface area contributed by atoms with Crippen LogP contribution in [-0.2, 0) is 0 Å². The Hall–Kier alpha value is -0.0800. The van der Waals surface area contributed by atoms with E-state index in [0.717, 1.165) is 24.5 Å². The minimum Gasteiger partial charge on any atom is -0.314 e. The number of hydrogen-bond acceptors (Lipinski definition) is 2. The molecule has 1 rings (SSSR count). The van der Waals surface area contributed by atoms with Crippen LogP contribution in [0.25, 0.3) is 0 Å². The van der Waals surface area contributed by atoms with Gasteiger partial charge in [0.05, 0.1) is 0 Å². The lowest BCUT2D eigenvalue weighted by Gasteiger charge is -2.42. The predicted molar refractivity (Wildman–Crippen MR) is 58.0 cm³/mol. The van der Waals surface area contributed by atoms with Gasteiger partial charge >= 0.3 is 0 Å². The molecule has 2 heteroatoms. The average molecular weight is 184 g/mol. The fourth-order valence-electron chi connectivity index (χ4n) is 2.14. The highest BCUT2D eigenvalue weighted by Crippen LogP contribution is 2.17. The molecule has 2 atom stereocenters. The third-order valence-electron chi connectivity index (χ3n) is 3.25. The zero-order valence-electron chi connectivity index (χ0n) is 9.51. The molecular formula is C11H24N2. The first-order valence-corrected chi connectivity index (χ1v) is 5.63. The van der Waals surface area contributed by atoms with E-state index in [1.54, 1.807) is 0 Å². The highest BCUT2D eigenvalue weighted by atomic mass is 15.2. The summed E-state index contributed by atoms with van der Waals surface area (Å²) in [6, 6.07) is 1.48. The van der Waals surface area contributed by atoms with Gasteiger partial charge in [-0.25, -0.2) is 0 Å². The molecule has 0 aromatic carbocycles. The zero-order chi connectivity index (χ0) is 9.84. The van der Waals surface area contributed by atoms with Crippen molar-refractivity contribution in [1.29, 1.82) is 0 Å². The largest absolute Gasteiger partial charge is 0.314 e. The molecule has 1 fully saturated rings. The van der Waals surface area contributed by atoms with Gasteiger partial charge in [-0.3, -0.25) is 4.90 Å². The van der Waals surface area contributed by atoms with E-state index in [1.165, 1.54) is 19.5 Å². The Morgan fingerprint density at radius 3 is 2.62 bits per heavy atom. The molecule has 0 bridgehead atoms. The molecule has 2 unspecified atom stereocenters. The summed E-state index contributed by atoms with van der Waals surface area (Å²) in [4.78, 5) is 2.67. The summed E-state index contributed by atoms with van der Waals surface area (Å²) in [7, 11) is 0. The smallest absolute Gasteiger partial charge is 0.0246 e. The van der Waals surface area contributed by atoms with Crippen LogP contribution in [0.3, 0.4) is 0 Å². The molecule has 1 saturated heterocycles. The maximum Gasteiger partial charge on any atom is 0.0246 e. The summed E-state index contributed by atoms with van der Waals surface area (Å²) in [5, 5.41) is 3.48. The minimum atomic E-state index is 0.740. The van der Waals surface area contributed by atoms with Gasteiger partial charge in [0.15, 0.2) is 0 Å². The zero-order valence-corrected chi connectivity index (χ0v) is 9.51. The fraction of sp³-hybridized carbons (Fsp3) is 1.00. The van der Waals surface area contributed by atoms with E-state index >= 15 is 0 Å². The maximum atomic E-state index is 3.48. The molecule has 0 saturated carbocycles. The minimum absolute atomic E-state index is 0.740. The normalized spacial score (nSPS) is 27.9. The van der Waals surface area contributed by atoms with Gasteiger partial charge in [-0.2, -0.15) is 0 Å². The van der Waals surface area contributed by atoms with Gasteiger partial charge in [0, 0.05) is 31.7 Å². The van der Waals surface area contributed by atoms with E-state index in [4.69, 9.17) is 0 Å². The summed E-state index contributed by atoms with van der Waals surface area (Å²) >= 11 is 0. The SMILES string of the molecule is CCC(C)N1CCNCC1C(C)C. The second kappa shape index (κ2) is 4.97. The van der Waals surface area contributed by atoms with Crippen molar-refractivity contribution in [2.75, 3.05) is 19.6 Å². The quantitative estimate of drug-likeness (QED) is 0.718. The molecule has 13 heavy (non-hydrogen) atoms. The molecule has 0 radical (unpaired) electrons. The molecule has 1 N–H and O–H groups in total. The number of hydrogen-bond donors (Lipinski definition) is 1. The van der Waals surface area contributed by atoms with Crippen molar-refractivity contribution >= 4 is 0 Å². The van der Waals surface area contributed by atoms with Crippen molar-refractivity contribution < 1.29 is 0 Å². The van der Waals surface area contributed by atoms with E-state index in [9.17, 15) is 0 Å². The lowest BCUT2D eigenvalue weighted by atomic mass is 9.98. The van der Waals surface area contributed by atoms with Crippen LogP contribution in [0.5, 0.6) is 0 Å². The van der Waals surface area contributed by atoms with E-state index in [-0.39, 0.29) is 0 Å². The molecule has 0 aromatic rings. The van der Waals surface area contributed by atoms with Gasteiger partial charge in [0.1, 0.15) is 0 Å². The molecule has 78 valence electrons. The average Bonchev–Trinajstić information content (AvgIpc) is 2.16. The Balaban J connectivity index is 2.56. The second-order valence-electron chi connectivity index (χ2n) is 4.51. The highest BCUT2D eigenvalue weighted by molar-refractivity contribution is 4.84. The summed E-state index contributed by atoms with van der Waals surface area (Å²) in [5.41, 5.74) is 0. The summed E-state index contributed by atoms with van der Waals surface area (Å²) in [6.45, 7) is 12.8. The monoisotopic (exact) mass is 184 g/mol. The van der Waals surface area contributed by atoms with Crippen molar-refractivity contribution in [3.8, 4) is 0 Å². The lowest BCUT2D eigenvalue weighted by molar-refractivity contribution is 0.0827. The van der Waals surface area contributed by atoms with Crippen LogP contribution in [0, 0.1) is 5.92 Å². The van der Waals surface area contributed by atoms with Crippen LogP contribution < -0.4 is 5.32 Å². The number of piperazine rings is 1. The van der Waals surface area contributed by atoms with Crippen molar-refractivity contribution in [1.82, 2.24) is 10.2 Å². The van der Waals surface area contributed by atoms with Crippen molar-refractivity contribution in [2.45, 2.75) is 46.2 Å². The number of nitrogens with one attached hydrogen (secondary N) is 1. The fourth-order valence-corrected chi connectivity index (χ4v) is 2.14. The summed E-state index contributed by atoms with van der Waals surface area (Å²) < 4.78 is 0. The van der Waals surface area contributed by atoms with Crippen LogP contribution in [0.2, 0.25) is 0 Å². The summed E-state index contributed by atoms with van der Waals surface area (Å²) in [6.07, 6.45) is 1.27. The Morgan fingerprint density at radius 1 is 1.38 bits per heavy atom. The molecule has 1 heterocycles. The first kappa shape index (κ1) is 11.0. The number of rotatable bonds is 3.